The maximum Gasteiger partial charge on any atom is 0.214 e. The van der Waals surface area contributed by atoms with Crippen molar-refractivity contribution >= 4 is 38.3 Å². The van der Waals surface area contributed by atoms with Crippen molar-refractivity contribution in [1.82, 2.24) is 9.97 Å². The van der Waals surface area contributed by atoms with Crippen molar-refractivity contribution in [2.75, 3.05) is 23.7 Å². The normalized spacial score (nSPS) is 10.7. The van der Waals surface area contributed by atoms with E-state index >= 15 is 0 Å². The molecule has 2 N–H and O–H groups in total. The zero-order valence-electron chi connectivity index (χ0n) is 12.6. The number of aromatic nitrogens is 2. The highest BCUT2D eigenvalue weighted by molar-refractivity contribution is 9.10. The van der Waals surface area contributed by atoms with Crippen LogP contribution in [0.25, 0.3) is 10.9 Å². The average molecular weight is 375 g/mol. The van der Waals surface area contributed by atoms with Gasteiger partial charge in [-0.15, -0.1) is 0 Å². The summed E-state index contributed by atoms with van der Waals surface area (Å²) in [6.07, 6.45) is 1.80. The third-order valence-electron chi connectivity index (χ3n) is 3.50. The first-order valence-electron chi connectivity index (χ1n) is 7.29. The number of nitrogens with one attached hydrogen (secondary N) is 2. The van der Waals surface area contributed by atoms with E-state index in [-0.39, 0.29) is 0 Å². The number of benzene rings is 1. The second-order valence-electron chi connectivity index (χ2n) is 5.15. The summed E-state index contributed by atoms with van der Waals surface area (Å²) in [5.41, 5.74) is 3.12. The summed E-state index contributed by atoms with van der Waals surface area (Å²) in [5.74, 6) is 0.0471. The molecule has 0 spiro atoms. The van der Waals surface area contributed by atoms with E-state index < -0.39 is 5.95 Å². The Bertz CT molecular complexity index is 838. The fourth-order valence-corrected chi connectivity index (χ4v) is 2.94. The number of nitrogens with zero attached hydrogens (tertiary/aromatic N) is 2. The van der Waals surface area contributed by atoms with Gasteiger partial charge in [-0.2, -0.15) is 4.39 Å². The summed E-state index contributed by atoms with van der Waals surface area (Å²) < 4.78 is 14.0. The van der Waals surface area contributed by atoms with Crippen molar-refractivity contribution in [3.05, 3.63) is 58.6 Å². The minimum atomic E-state index is -0.484. The number of pyridine rings is 2. The molecule has 3 aromatic rings. The highest BCUT2D eigenvalue weighted by Gasteiger charge is 2.07. The molecule has 4 nitrogen and oxygen atoms in total. The van der Waals surface area contributed by atoms with Gasteiger partial charge >= 0.3 is 0 Å². The molecule has 23 heavy (non-hydrogen) atoms. The predicted molar refractivity (Wildman–Crippen MR) is 95.4 cm³/mol. The smallest absolute Gasteiger partial charge is 0.214 e. The molecule has 0 amide bonds. The lowest BCUT2D eigenvalue weighted by atomic mass is 10.1. The Hall–Kier alpha value is -2.21. The van der Waals surface area contributed by atoms with Gasteiger partial charge in [-0.05, 0) is 36.8 Å². The van der Waals surface area contributed by atoms with Crippen LogP contribution in [0, 0.1) is 12.9 Å². The molecule has 0 aliphatic rings. The van der Waals surface area contributed by atoms with E-state index in [0.29, 0.717) is 18.9 Å². The molecule has 0 fully saturated rings. The largest absolute Gasteiger partial charge is 0.383 e. The Morgan fingerprint density at radius 1 is 1.09 bits per heavy atom. The number of hydrogen-bond donors (Lipinski definition) is 2. The van der Waals surface area contributed by atoms with E-state index in [0.717, 1.165) is 26.6 Å². The highest BCUT2D eigenvalue weighted by Crippen LogP contribution is 2.31. The van der Waals surface area contributed by atoms with Crippen LogP contribution >= 0.6 is 15.9 Å². The first-order chi connectivity index (χ1) is 11.1. The number of aryl methyl sites for hydroxylation is 1. The van der Waals surface area contributed by atoms with Crippen LogP contribution in [0.15, 0.2) is 47.1 Å². The molecule has 0 unspecified atom stereocenters. The summed E-state index contributed by atoms with van der Waals surface area (Å²) in [7, 11) is 0. The number of halogens is 2. The van der Waals surface area contributed by atoms with Gasteiger partial charge < -0.3 is 10.6 Å². The molecule has 1 aromatic carbocycles. The summed E-state index contributed by atoms with van der Waals surface area (Å²) in [4.78, 5) is 8.22. The lowest BCUT2D eigenvalue weighted by Crippen LogP contribution is -2.14. The van der Waals surface area contributed by atoms with E-state index in [2.05, 4.69) is 36.5 Å². The zero-order valence-corrected chi connectivity index (χ0v) is 14.2. The predicted octanol–water partition coefficient (Wildman–Crippen LogP) is 4.36. The van der Waals surface area contributed by atoms with Crippen molar-refractivity contribution in [3.8, 4) is 0 Å². The standard InChI is InChI=1S/C17H16BrFN4/c1-11-5-6-12(18)16-13(7-8-22-17(11)16)20-9-10-21-15-4-2-3-14(19)23-15/h2-8H,9-10H2,1H3,(H,20,22)(H,21,23). The minimum absolute atomic E-state index is 0.484. The van der Waals surface area contributed by atoms with Crippen LogP contribution in [-0.4, -0.2) is 23.1 Å². The third-order valence-corrected chi connectivity index (χ3v) is 4.17. The summed E-state index contributed by atoms with van der Waals surface area (Å²) >= 11 is 3.59. The minimum Gasteiger partial charge on any atom is -0.383 e. The van der Waals surface area contributed by atoms with Gasteiger partial charge in [0, 0.05) is 34.8 Å². The Labute approximate surface area is 142 Å². The quantitative estimate of drug-likeness (QED) is 0.514. The SMILES string of the molecule is Cc1ccc(Br)c2c(NCCNc3cccc(F)n3)ccnc12. The average Bonchev–Trinajstić information content (AvgIpc) is 2.55. The molecule has 3 rings (SSSR count). The molecule has 0 aliphatic heterocycles. The second-order valence-corrected chi connectivity index (χ2v) is 6.00. The maximum absolute atomic E-state index is 13.0. The van der Waals surface area contributed by atoms with E-state index in [4.69, 9.17) is 0 Å². The van der Waals surface area contributed by atoms with Crippen molar-refractivity contribution in [2.24, 2.45) is 0 Å². The van der Waals surface area contributed by atoms with Gasteiger partial charge in [0.25, 0.3) is 0 Å². The lowest BCUT2D eigenvalue weighted by molar-refractivity contribution is 0.585. The van der Waals surface area contributed by atoms with Gasteiger partial charge in [-0.25, -0.2) is 4.98 Å². The van der Waals surface area contributed by atoms with Gasteiger partial charge in [-0.1, -0.05) is 28.1 Å². The van der Waals surface area contributed by atoms with Gasteiger partial charge in [-0.3, -0.25) is 4.98 Å². The Balaban J connectivity index is 1.69. The van der Waals surface area contributed by atoms with Crippen molar-refractivity contribution in [1.29, 1.82) is 0 Å². The Kier molecular flexibility index (Phi) is 4.71. The van der Waals surface area contributed by atoms with Gasteiger partial charge in [0.1, 0.15) is 5.82 Å². The zero-order chi connectivity index (χ0) is 16.2. The molecule has 0 radical (unpaired) electrons. The number of anilines is 2. The van der Waals surface area contributed by atoms with Crippen LogP contribution in [0.1, 0.15) is 5.56 Å². The van der Waals surface area contributed by atoms with E-state index in [1.54, 1.807) is 18.3 Å². The van der Waals surface area contributed by atoms with E-state index in [1.807, 2.05) is 25.1 Å². The molecule has 0 bridgehead atoms. The summed E-state index contributed by atoms with van der Waals surface area (Å²) in [6, 6.07) is 10.7. The number of hydrogen-bond acceptors (Lipinski definition) is 4. The molecule has 0 aliphatic carbocycles. The molecular formula is C17H16BrFN4. The summed E-state index contributed by atoms with van der Waals surface area (Å²) in [6.45, 7) is 3.35. The summed E-state index contributed by atoms with van der Waals surface area (Å²) in [5, 5.41) is 7.54. The monoisotopic (exact) mass is 374 g/mol. The molecule has 2 aromatic heterocycles. The molecule has 6 heteroatoms. The van der Waals surface area contributed by atoms with Crippen molar-refractivity contribution < 1.29 is 4.39 Å². The Morgan fingerprint density at radius 3 is 2.74 bits per heavy atom. The maximum atomic E-state index is 13.0. The van der Waals surface area contributed by atoms with Crippen LogP contribution in [0.2, 0.25) is 0 Å². The first kappa shape index (κ1) is 15.7. The highest BCUT2D eigenvalue weighted by atomic mass is 79.9. The Morgan fingerprint density at radius 2 is 1.91 bits per heavy atom. The molecule has 2 heterocycles. The second kappa shape index (κ2) is 6.91. The fraction of sp³-hybridized carbons (Fsp3) is 0.176. The van der Waals surface area contributed by atoms with Gasteiger partial charge in [0.2, 0.25) is 5.95 Å². The first-order valence-corrected chi connectivity index (χ1v) is 8.08. The van der Waals surface area contributed by atoms with Crippen LogP contribution < -0.4 is 10.6 Å². The van der Waals surface area contributed by atoms with Crippen LogP contribution in [0.5, 0.6) is 0 Å². The molecule has 0 atom stereocenters. The topological polar surface area (TPSA) is 49.8 Å². The van der Waals surface area contributed by atoms with Crippen LogP contribution in [0.3, 0.4) is 0 Å². The van der Waals surface area contributed by atoms with Crippen molar-refractivity contribution in [3.63, 3.8) is 0 Å². The number of rotatable bonds is 5. The van der Waals surface area contributed by atoms with E-state index in [9.17, 15) is 4.39 Å². The van der Waals surface area contributed by atoms with Crippen LogP contribution in [-0.2, 0) is 0 Å². The molecule has 0 saturated carbocycles. The van der Waals surface area contributed by atoms with Gasteiger partial charge in [0.15, 0.2) is 0 Å². The number of fused-ring (bicyclic) bond motifs is 1. The molecular weight excluding hydrogens is 359 g/mol. The van der Waals surface area contributed by atoms with Crippen molar-refractivity contribution in [2.45, 2.75) is 6.92 Å². The lowest BCUT2D eigenvalue weighted by Gasteiger charge is -2.12. The molecule has 0 saturated heterocycles. The van der Waals surface area contributed by atoms with E-state index in [1.165, 1.54) is 6.07 Å². The van der Waals surface area contributed by atoms with Gasteiger partial charge in [0.05, 0.1) is 5.52 Å². The molecule has 118 valence electrons. The fourth-order valence-electron chi connectivity index (χ4n) is 2.40. The van der Waals surface area contributed by atoms with Crippen LogP contribution in [0.4, 0.5) is 15.9 Å². The third kappa shape index (κ3) is 3.59.